The molecule has 4 nitrogen and oxygen atoms in total. The predicted molar refractivity (Wildman–Crippen MR) is 84.7 cm³/mol. The Hall–Kier alpha value is -0.390. The van der Waals surface area contributed by atoms with Gasteiger partial charge in [-0.1, -0.05) is 13.8 Å². The van der Waals surface area contributed by atoms with Gasteiger partial charge in [-0.05, 0) is 61.1 Å². The molecule has 2 heterocycles. The van der Waals surface area contributed by atoms with Crippen molar-refractivity contribution in [3.63, 3.8) is 0 Å². The number of hydrogen-bond donors (Lipinski definition) is 1. The summed E-state index contributed by atoms with van der Waals surface area (Å²) in [6.07, 6.45) is 6.68. The van der Waals surface area contributed by atoms with Crippen LogP contribution in [0.3, 0.4) is 0 Å². The van der Waals surface area contributed by atoms with Gasteiger partial charge in [0.15, 0.2) is 0 Å². The van der Waals surface area contributed by atoms with Crippen molar-refractivity contribution in [3.8, 4) is 0 Å². The Morgan fingerprint density at radius 3 is 2.70 bits per heavy atom. The second kappa shape index (κ2) is 7.05. The van der Waals surface area contributed by atoms with Crippen molar-refractivity contribution < 1.29 is 5.11 Å². The van der Waals surface area contributed by atoms with Gasteiger partial charge in [0.25, 0.3) is 0 Å². The van der Waals surface area contributed by atoms with Gasteiger partial charge >= 0.3 is 0 Å². The Labute approximate surface area is 130 Å². The molecule has 0 spiro atoms. The fraction of sp³-hybridized carbons (Fsp3) is 0.800. The third kappa shape index (κ3) is 3.43. The van der Waals surface area contributed by atoms with E-state index in [1.165, 1.54) is 6.42 Å². The average Bonchev–Trinajstić information content (AvgIpc) is 2.67. The molecule has 1 aliphatic rings. The number of nitrogens with zero attached hydrogens (tertiary/aromatic N) is 3. The molecule has 2 rings (SSSR count). The molecular weight excluding hydrogens is 318 g/mol. The minimum atomic E-state index is -0.743. The summed E-state index contributed by atoms with van der Waals surface area (Å²) in [6, 6.07) is 0. The van der Waals surface area contributed by atoms with Crippen LogP contribution in [-0.4, -0.2) is 39.4 Å². The van der Waals surface area contributed by atoms with Crippen molar-refractivity contribution in [1.29, 1.82) is 0 Å². The van der Waals surface area contributed by atoms with E-state index < -0.39 is 5.60 Å². The first kappa shape index (κ1) is 16.0. The molecule has 1 fully saturated rings. The van der Waals surface area contributed by atoms with Gasteiger partial charge in [0.1, 0.15) is 5.60 Å². The Kier molecular flexibility index (Phi) is 5.64. The van der Waals surface area contributed by atoms with Crippen molar-refractivity contribution in [2.75, 3.05) is 19.6 Å². The molecule has 0 amide bonds. The van der Waals surface area contributed by atoms with Crippen LogP contribution >= 0.6 is 15.9 Å². The highest BCUT2D eigenvalue weighted by Crippen LogP contribution is 2.37. The van der Waals surface area contributed by atoms with E-state index in [4.69, 9.17) is 0 Å². The second-order valence-corrected chi connectivity index (χ2v) is 6.65. The molecular formula is C15H26BrN3O. The van der Waals surface area contributed by atoms with Crippen LogP contribution in [0.2, 0.25) is 0 Å². The lowest BCUT2D eigenvalue weighted by atomic mass is 9.91. The summed E-state index contributed by atoms with van der Waals surface area (Å²) < 4.78 is 2.91. The zero-order valence-corrected chi connectivity index (χ0v) is 14.2. The summed E-state index contributed by atoms with van der Waals surface area (Å²) in [5, 5.41) is 15.6. The quantitative estimate of drug-likeness (QED) is 0.892. The van der Waals surface area contributed by atoms with Gasteiger partial charge in [0.05, 0.1) is 16.4 Å². The number of aliphatic hydroxyl groups is 1. The molecule has 5 heteroatoms. The molecule has 114 valence electrons. The number of aromatic nitrogens is 2. The molecule has 0 aliphatic carbocycles. The molecule has 0 bridgehead atoms. The number of rotatable bonds is 5. The lowest BCUT2D eigenvalue weighted by Crippen LogP contribution is -2.32. The monoisotopic (exact) mass is 343 g/mol. The molecule has 0 saturated carbocycles. The fourth-order valence-corrected chi connectivity index (χ4v) is 3.82. The van der Waals surface area contributed by atoms with Gasteiger partial charge in [-0.25, -0.2) is 0 Å². The van der Waals surface area contributed by atoms with E-state index in [0.717, 1.165) is 62.0 Å². The minimum absolute atomic E-state index is 0.743. The summed E-state index contributed by atoms with van der Waals surface area (Å²) >= 11 is 3.57. The normalized spacial score (nSPS) is 24.8. The molecule has 1 N–H and O–H groups in total. The van der Waals surface area contributed by atoms with E-state index >= 15 is 0 Å². The zero-order valence-electron chi connectivity index (χ0n) is 12.6. The van der Waals surface area contributed by atoms with Crippen LogP contribution in [0, 0.1) is 0 Å². The molecule has 1 aromatic rings. The molecule has 1 atom stereocenters. The molecule has 1 saturated heterocycles. The predicted octanol–water partition coefficient (Wildman–Crippen LogP) is 3.14. The molecule has 1 unspecified atom stereocenters. The number of hydrogen-bond acceptors (Lipinski definition) is 3. The molecule has 1 aromatic heterocycles. The highest BCUT2D eigenvalue weighted by atomic mass is 79.9. The van der Waals surface area contributed by atoms with Crippen LogP contribution in [0.25, 0.3) is 0 Å². The topological polar surface area (TPSA) is 41.3 Å². The second-order valence-electron chi connectivity index (χ2n) is 5.79. The van der Waals surface area contributed by atoms with E-state index in [1.54, 1.807) is 0 Å². The van der Waals surface area contributed by atoms with Crippen molar-refractivity contribution in [1.82, 2.24) is 14.7 Å². The summed E-state index contributed by atoms with van der Waals surface area (Å²) in [5.74, 6) is 0. The van der Waals surface area contributed by atoms with E-state index in [0.29, 0.717) is 0 Å². The van der Waals surface area contributed by atoms with Gasteiger partial charge in [0, 0.05) is 13.1 Å². The first-order chi connectivity index (χ1) is 9.60. The maximum atomic E-state index is 11.2. The van der Waals surface area contributed by atoms with Crippen LogP contribution in [-0.2, 0) is 12.1 Å². The van der Waals surface area contributed by atoms with Gasteiger partial charge in [0.2, 0.25) is 0 Å². The van der Waals surface area contributed by atoms with Gasteiger partial charge in [-0.2, -0.15) is 5.10 Å². The third-order valence-corrected chi connectivity index (χ3v) is 4.70. The smallest absolute Gasteiger partial charge is 0.109 e. The minimum Gasteiger partial charge on any atom is -0.383 e. The van der Waals surface area contributed by atoms with Crippen LogP contribution in [0.4, 0.5) is 0 Å². The molecule has 0 aromatic carbocycles. The Balaban J connectivity index is 2.19. The van der Waals surface area contributed by atoms with Gasteiger partial charge in [-0.15, -0.1) is 0 Å². The highest BCUT2D eigenvalue weighted by Gasteiger charge is 2.36. The van der Waals surface area contributed by atoms with Crippen LogP contribution in [0.5, 0.6) is 0 Å². The van der Waals surface area contributed by atoms with Crippen molar-refractivity contribution >= 4 is 15.9 Å². The van der Waals surface area contributed by atoms with Gasteiger partial charge < -0.3 is 10.0 Å². The lowest BCUT2D eigenvalue weighted by Gasteiger charge is -2.28. The lowest BCUT2D eigenvalue weighted by molar-refractivity contribution is 0.0116. The van der Waals surface area contributed by atoms with Crippen molar-refractivity contribution in [2.45, 2.75) is 58.1 Å². The average molecular weight is 344 g/mol. The summed E-state index contributed by atoms with van der Waals surface area (Å²) in [4.78, 5) is 2.46. The van der Waals surface area contributed by atoms with Crippen molar-refractivity contribution in [3.05, 3.63) is 16.4 Å². The first-order valence-corrected chi connectivity index (χ1v) is 8.56. The Morgan fingerprint density at radius 1 is 1.25 bits per heavy atom. The molecule has 1 aliphatic heterocycles. The van der Waals surface area contributed by atoms with Crippen LogP contribution < -0.4 is 0 Å². The Morgan fingerprint density at radius 2 is 2.00 bits per heavy atom. The number of likely N-dealkylation sites (tertiary alicyclic amines) is 1. The number of aryl methyl sites for hydroxylation is 1. The summed E-state index contributed by atoms with van der Waals surface area (Å²) in [5.41, 5.74) is 0.227. The highest BCUT2D eigenvalue weighted by molar-refractivity contribution is 9.10. The van der Waals surface area contributed by atoms with Gasteiger partial charge in [-0.3, -0.25) is 4.68 Å². The van der Waals surface area contributed by atoms with E-state index in [-0.39, 0.29) is 0 Å². The van der Waals surface area contributed by atoms with E-state index in [2.05, 4.69) is 39.8 Å². The number of halogens is 1. The standard InChI is InChI=1S/C15H26BrN3O/c1-3-8-18-10-5-6-15(20,7-11-18)14-13(16)12-17-19(14)9-4-2/h12,20H,3-11H2,1-2H3. The largest absolute Gasteiger partial charge is 0.383 e. The maximum absolute atomic E-state index is 11.2. The fourth-order valence-electron chi connectivity index (χ4n) is 3.16. The first-order valence-electron chi connectivity index (χ1n) is 7.77. The van der Waals surface area contributed by atoms with Crippen molar-refractivity contribution in [2.24, 2.45) is 0 Å². The maximum Gasteiger partial charge on any atom is 0.109 e. The third-order valence-electron chi connectivity index (χ3n) is 4.12. The SMILES string of the molecule is CCCN1CCCC(O)(c2c(Br)cnn2CCC)CC1. The summed E-state index contributed by atoms with van der Waals surface area (Å²) in [6.45, 7) is 8.40. The molecule has 0 radical (unpaired) electrons. The van der Waals surface area contributed by atoms with E-state index in [1.807, 2.05) is 10.9 Å². The molecule has 20 heavy (non-hydrogen) atoms. The van der Waals surface area contributed by atoms with Crippen LogP contribution in [0.15, 0.2) is 10.7 Å². The van der Waals surface area contributed by atoms with Crippen LogP contribution in [0.1, 0.15) is 51.6 Å². The zero-order chi connectivity index (χ0) is 14.6. The summed E-state index contributed by atoms with van der Waals surface area (Å²) in [7, 11) is 0. The Bertz CT molecular complexity index is 435. The van der Waals surface area contributed by atoms with E-state index in [9.17, 15) is 5.11 Å².